The van der Waals surface area contributed by atoms with Crippen LogP contribution in [0.3, 0.4) is 0 Å². The molecule has 4 nitrogen and oxygen atoms in total. The van der Waals surface area contributed by atoms with Gasteiger partial charge in [0.1, 0.15) is 5.76 Å². The van der Waals surface area contributed by atoms with Gasteiger partial charge in [0.05, 0.1) is 18.8 Å². The second-order valence-corrected chi connectivity index (χ2v) is 6.04. The smallest absolute Gasteiger partial charge is 0.240 e. The van der Waals surface area contributed by atoms with Gasteiger partial charge in [0.25, 0.3) is 0 Å². The van der Waals surface area contributed by atoms with Crippen molar-refractivity contribution >= 4 is 5.91 Å². The maximum atomic E-state index is 12.7. The van der Waals surface area contributed by atoms with Crippen LogP contribution in [0.2, 0.25) is 0 Å². The van der Waals surface area contributed by atoms with E-state index in [0.717, 1.165) is 18.7 Å². The van der Waals surface area contributed by atoms with Crippen molar-refractivity contribution in [3.8, 4) is 0 Å². The monoisotopic (exact) mass is 276 g/mol. The standard InChI is InChI=1S/C16H24N2O2/c1-2-18(11-13-7-5-9-20-13)16(19)15-10-12-6-3-4-8-14(12)17-15/h5,7,9,12,14-15,17H,2-4,6,8,10-11H2,1H3. The number of carbonyl (C=O) groups excluding carboxylic acids is 1. The quantitative estimate of drug-likeness (QED) is 0.919. The number of rotatable bonds is 4. The van der Waals surface area contributed by atoms with Gasteiger partial charge in [-0.2, -0.15) is 0 Å². The number of amides is 1. The first-order chi connectivity index (χ1) is 9.78. The molecule has 1 N–H and O–H groups in total. The molecule has 1 aliphatic carbocycles. The van der Waals surface area contributed by atoms with Crippen LogP contribution in [0.4, 0.5) is 0 Å². The van der Waals surface area contributed by atoms with E-state index in [1.54, 1.807) is 6.26 Å². The van der Waals surface area contributed by atoms with Crippen LogP contribution in [0.25, 0.3) is 0 Å². The number of hydrogen-bond donors (Lipinski definition) is 1. The molecular formula is C16H24N2O2. The predicted molar refractivity (Wildman–Crippen MR) is 77.1 cm³/mol. The zero-order chi connectivity index (χ0) is 13.9. The van der Waals surface area contributed by atoms with Crippen molar-refractivity contribution in [3.05, 3.63) is 24.2 Å². The van der Waals surface area contributed by atoms with Gasteiger partial charge in [-0.1, -0.05) is 12.8 Å². The first-order valence-corrected chi connectivity index (χ1v) is 7.85. The minimum Gasteiger partial charge on any atom is -0.467 e. The molecule has 3 unspecified atom stereocenters. The number of fused-ring (bicyclic) bond motifs is 1. The van der Waals surface area contributed by atoms with Crippen molar-refractivity contribution in [1.29, 1.82) is 0 Å². The van der Waals surface area contributed by atoms with Crippen LogP contribution >= 0.6 is 0 Å². The largest absolute Gasteiger partial charge is 0.467 e. The van der Waals surface area contributed by atoms with Crippen LogP contribution < -0.4 is 5.32 Å². The highest BCUT2D eigenvalue weighted by molar-refractivity contribution is 5.82. The molecule has 0 aromatic carbocycles. The van der Waals surface area contributed by atoms with E-state index in [-0.39, 0.29) is 11.9 Å². The summed E-state index contributed by atoms with van der Waals surface area (Å²) < 4.78 is 5.36. The van der Waals surface area contributed by atoms with E-state index in [1.807, 2.05) is 24.0 Å². The lowest BCUT2D eigenvalue weighted by Gasteiger charge is -2.25. The number of nitrogens with zero attached hydrogens (tertiary/aromatic N) is 1. The van der Waals surface area contributed by atoms with Crippen molar-refractivity contribution in [2.45, 2.75) is 57.7 Å². The van der Waals surface area contributed by atoms with Crippen LogP contribution in [-0.4, -0.2) is 29.4 Å². The normalized spacial score (nSPS) is 29.1. The number of nitrogens with one attached hydrogen (secondary N) is 1. The van der Waals surface area contributed by atoms with Gasteiger partial charge in [0.15, 0.2) is 0 Å². The van der Waals surface area contributed by atoms with Crippen molar-refractivity contribution in [1.82, 2.24) is 10.2 Å². The van der Waals surface area contributed by atoms with Gasteiger partial charge < -0.3 is 14.6 Å². The van der Waals surface area contributed by atoms with E-state index in [1.165, 1.54) is 25.7 Å². The van der Waals surface area contributed by atoms with Crippen molar-refractivity contribution in [2.75, 3.05) is 6.54 Å². The van der Waals surface area contributed by atoms with Crippen molar-refractivity contribution < 1.29 is 9.21 Å². The SMILES string of the molecule is CCN(Cc1ccco1)C(=O)C1CC2CCCCC2N1. The van der Waals surface area contributed by atoms with Gasteiger partial charge in [-0.15, -0.1) is 0 Å². The highest BCUT2D eigenvalue weighted by Gasteiger charge is 2.39. The van der Waals surface area contributed by atoms with Crippen molar-refractivity contribution in [2.24, 2.45) is 5.92 Å². The van der Waals surface area contributed by atoms with Crippen LogP contribution in [0.1, 0.15) is 44.8 Å². The third kappa shape index (κ3) is 2.75. The number of likely N-dealkylation sites (N-methyl/N-ethyl adjacent to an activating group) is 1. The third-order valence-electron chi connectivity index (χ3n) is 4.78. The Morgan fingerprint density at radius 3 is 3.00 bits per heavy atom. The molecule has 0 bridgehead atoms. The van der Waals surface area contributed by atoms with E-state index < -0.39 is 0 Å². The Bertz CT molecular complexity index is 429. The fraction of sp³-hybridized carbons (Fsp3) is 0.688. The van der Waals surface area contributed by atoms with E-state index in [2.05, 4.69) is 5.32 Å². The Labute approximate surface area is 120 Å². The second kappa shape index (κ2) is 6.00. The fourth-order valence-corrected chi connectivity index (χ4v) is 3.67. The summed E-state index contributed by atoms with van der Waals surface area (Å²) in [6.07, 6.45) is 7.82. The van der Waals surface area contributed by atoms with Crippen LogP contribution in [0, 0.1) is 5.92 Å². The number of carbonyl (C=O) groups is 1. The molecule has 4 heteroatoms. The molecule has 0 spiro atoms. The van der Waals surface area contributed by atoms with Gasteiger partial charge in [0.2, 0.25) is 5.91 Å². The molecule has 20 heavy (non-hydrogen) atoms. The van der Waals surface area contributed by atoms with E-state index >= 15 is 0 Å². The Balaban J connectivity index is 1.62. The molecule has 2 fully saturated rings. The summed E-state index contributed by atoms with van der Waals surface area (Å²) in [7, 11) is 0. The molecule has 2 heterocycles. The molecule has 1 saturated heterocycles. The molecule has 0 radical (unpaired) electrons. The molecule has 1 aromatic rings. The molecule has 1 saturated carbocycles. The van der Waals surface area contributed by atoms with Crippen molar-refractivity contribution in [3.63, 3.8) is 0 Å². The molecule has 1 aromatic heterocycles. The molecular weight excluding hydrogens is 252 g/mol. The summed E-state index contributed by atoms with van der Waals surface area (Å²) in [5, 5.41) is 3.57. The van der Waals surface area contributed by atoms with Crippen LogP contribution in [0.5, 0.6) is 0 Å². The fourth-order valence-electron chi connectivity index (χ4n) is 3.67. The average molecular weight is 276 g/mol. The summed E-state index contributed by atoms with van der Waals surface area (Å²) in [4.78, 5) is 14.6. The van der Waals surface area contributed by atoms with Gasteiger partial charge in [-0.05, 0) is 44.2 Å². The Hall–Kier alpha value is -1.29. The average Bonchev–Trinajstić information content (AvgIpc) is 3.12. The summed E-state index contributed by atoms with van der Waals surface area (Å²) in [6.45, 7) is 3.34. The third-order valence-corrected chi connectivity index (χ3v) is 4.78. The summed E-state index contributed by atoms with van der Waals surface area (Å²) in [6, 6.07) is 4.38. The lowest BCUT2D eigenvalue weighted by atomic mass is 9.85. The first-order valence-electron chi connectivity index (χ1n) is 7.85. The van der Waals surface area contributed by atoms with Gasteiger partial charge in [-0.3, -0.25) is 4.79 Å². The second-order valence-electron chi connectivity index (χ2n) is 6.04. The molecule has 1 aliphatic heterocycles. The highest BCUT2D eigenvalue weighted by atomic mass is 16.3. The summed E-state index contributed by atoms with van der Waals surface area (Å²) >= 11 is 0. The van der Waals surface area contributed by atoms with Gasteiger partial charge >= 0.3 is 0 Å². The van der Waals surface area contributed by atoms with E-state index in [0.29, 0.717) is 18.5 Å². The summed E-state index contributed by atoms with van der Waals surface area (Å²) in [5.74, 6) is 1.80. The Morgan fingerprint density at radius 1 is 1.45 bits per heavy atom. The molecule has 110 valence electrons. The van der Waals surface area contributed by atoms with Gasteiger partial charge in [0, 0.05) is 12.6 Å². The Morgan fingerprint density at radius 2 is 2.30 bits per heavy atom. The minimum atomic E-state index is 0.0120. The lowest BCUT2D eigenvalue weighted by molar-refractivity contribution is -0.133. The van der Waals surface area contributed by atoms with E-state index in [4.69, 9.17) is 4.42 Å². The predicted octanol–water partition coefficient (Wildman–Crippen LogP) is 2.55. The lowest BCUT2D eigenvalue weighted by Crippen LogP contribution is -2.45. The molecule has 3 atom stereocenters. The van der Waals surface area contributed by atoms with Gasteiger partial charge in [-0.25, -0.2) is 0 Å². The first kappa shape index (κ1) is 13.7. The molecule has 2 aliphatic rings. The summed E-state index contributed by atoms with van der Waals surface area (Å²) in [5.41, 5.74) is 0. The highest BCUT2D eigenvalue weighted by Crippen LogP contribution is 2.33. The van der Waals surface area contributed by atoms with Crippen LogP contribution in [0.15, 0.2) is 22.8 Å². The van der Waals surface area contributed by atoms with E-state index in [9.17, 15) is 4.79 Å². The number of hydrogen-bond acceptors (Lipinski definition) is 3. The number of furan rings is 1. The van der Waals surface area contributed by atoms with Crippen LogP contribution in [-0.2, 0) is 11.3 Å². The minimum absolute atomic E-state index is 0.0120. The molecule has 3 rings (SSSR count). The zero-order valence-corrected chi connectivity index (χ0v) is 12.2. The maximum Gasteiger partial charge on any atom is 0.240 e. The Kier molecular flexibility index (Phi) is 4.10. The zero-order valence-electron chi connectivity index (χ0n) is 12.2. The molecule has 1 amide bonds. The topological polar surface area (TPSA) is 45.5 Å². The maximum absolute atomic E-state index is 12.7.